The summed E-state index contributed by atoms with van der Waals surface area (Å²) in [5, 5.41) is 5.01. The molecule has 0 heterocycles. The molecule has 0 aliphatic carbocycles. The van der Waals surface area contributed by atoms with Gasteiger partial charge in [0.05, 0.1) is 9.79 Å². The first-order valence-corrected chi connectivity index (χ1v) is 9.70. The molecular formula is C13H22N2O4S2. The average molecular weight is 334 g/mol. The number of sulfonamides is 2. The van der Waals surface area contributed by atoms with Crippen molar-refractivity contribution >= 4 is 20.0 Å². The highest BCUT2D eigenvalue weighted by molar-refractivity contribution is 7.90. The molecule has 0 radical (unpaired) electrons. The zero-order valence-corrected chi connectivity index (χ0v) is 14.0. The highest BCUT2D eigenvalue weighted by Crippen LogP contribution is 2.16. The van der Waals surface area contributed by atoms with Gasteiger partial charge >= 0.3 is 0 Å². The summed E-state index contributed by atoms with van der Waals surface area (Å²) in [6.45, 7) is 5.91. The van der Waals surface area contributed by atoms with Gasteiger partial charge in [0, 0.05) is 6.04 Å². The van der Waals surface area contributed by atoms with Gasteiger partial charge < -0.3 is 0 Å². The third-order valence-corrected chi connectivity index (χ3v) is 5.48. The van der Waals surface area contributed by atoms with Crippen molar-refractivity contribution in [2.24, 2.45) is 11.1 Å². The van der Waals surface area contributed by atoms with Gasteiger partial charge in [-0.15, -0.1) is 0 Å². The Morgan fingerprint density at radius 1 is 1.05 bits per heavy atom. The van der Waals surface area contributed by atoms with Gasteiger partial charge in [-0.25, -0.2) is 26.7 Å². The van der Waals surface area contributed by atoms with Crippen LogP contribution in [0.15, 0.2) is 34.1 Å². The fourth-order valence-electron chi connectivity index (χ4n) is 1.79. The van der Waals surface area contributed by atoms with E-state index in [9.17, 15) is 16.8 Å². The molecule has 0 bridgehead atoms. The summed E-state index contributed by atoms with van der Waals surface area (Å²) in [6, 6.07) is 4.79. The van der Waals surface area contributed by atoms with Gasteiger partial charge in [-0.2, -0.15) is 0 Å². The Morgan fingerprint density at radius 3 is 2.14 bits per heavy atom. The Hall–Kier alpha value is -0.960. The Morgan fingerprint density at radius 2 is 1.62 bits per heavy atom. The van der Waals surface area contributed by atoms with Gasteiger partial charge in [-0.05, 0) is 43.9 Å². The molecule has 3 N–H and O–H groups in total. The summed E-state index contributed by atoms with van der Waals surface area (Å²) in [4.78, 5) is -0.328. The number of benzene rings is 1. The van der Waals surface area contributed by atoms with Gasteiger partial charge in [0.15, 0.2) is 0 Å². The average Bonchev–Trinajstić information content (AvgIpc) is 2.35. The van der Waals surface area contributed by atoms with Gasteiger partial charge in [-0.3, -0.25) is 0 Å². The van der Waals surface area contributed by atoms with Crippen molar-refractivity contribution in [3.63, 3.8) is 0 Å². The molecule has 0 fully saturated rings. The molecule has 0 aliphatic rings. The second-order valence-electron chi connectivity index (χ2n) is 5.51. The lowest BCUT2D eigenvalue weighted by atomic mass is 10.1. The summed E-state index contributed by atoms with van der Waals surface area (Å²) >= 11 is 0. The van der Waals surface area contributed by atoms with Crippen LogP contribution in [0.3, 0.4) is 0 Å². The monoisotopic (exact) mass is 334 g/mol. The van der Waals surface area contributed by atoms with E-state index in [0.29, 0.717) is 12.3 Å². The van der Waals surface area contributed by atoms with Crippen LogP contribution in [0, 0.1) is 5.92 Å². The van der Waals surface area contributed by atoms with Crippen molar-refractivity contribution < 1.29 is 16.8 Å². The Labute approximate surface area is 126 Å². The molecule has 0 amide bonds. The fourth-order valence-corrected chi connectivity index (χ4v) is 3.75. The lowest BCUT2D eigenvalue weighted by molar-refractivity contribution is 0.485. The maximum atomic E-state index is 12.2. The van der Waals surface area contributed by atoms with E-state index in [1.165, 1.54) is 18.2 Å². The summed E-state index contributed by atoms with van der Waals surface area (Å²) in [6.07, 6.45) is 1.62. The first kappa shape index (κ1) is 18.1. The minimum absolute atomic E-state index is 0.106. The van der Waals surface area contributed by atoms with Crippen molar-refractivity contribution in [2.75, 3.05) is 0 Å². The fraction of sp³-hybridized carbons (Fsp3) is 0.538. The number of nitrogens with one attached hydrogen (secondary N) is 1. The molecule has 8 heteroatoms. The molecule has 1 aromatic rings. The minimum atomic E-state index is -3.93. The molecule has 6 nitrogen and oxygen atoms in total. The number of rotatable bonds is 7. The zero-order chi connectivity index (χ0) is 16.3. The lowest BCUT2D eigenvalue weighted by Crippen LogP contribution is -2.33. The number of hydrogen-bond acceptors (Lipinski definition) is 4. The Kier molecular flexibility index (Phi) is 5.92. The van der Waals surface area contributed by atoms with E-state index in [4.69, 9.17) is 5.14 Å². The molecule has 120 valence electrons. The molecule has 1 unspecified atom stereocenters. The van der Waals surface area contributed by atoms with Gasteiger partial charge in [0.25, 0.3) is 0 Å². The molecule has 0 aliphatic heterocycles. The van der Waals surface area contributed by atoms with Crippen LogP contribution >= 0.6 is 0 Å². The second kappa shape index (κ2) is 6.87. The molecule has 1 atom stereocenters. The molecule has 0 saturated heterocycles. The van der Waals surface area contributed by atoms with Crippen LogP contribution in [0.5, 0.6) is 0 Å². The maximum Gasteiger partial charge on any atom is 0.240 e. The van der Waals surface area contributed by atoms with Crippen molar-refractivity contribution in [1.82, 2.24) is 4.72 Å². The van der Waals surface area contributed by atoms with Crippen LogP contribution in [0.4, 0.5) is 0 Å². The second-order valence-corrected chi connectivity index (χ2v) is 8.79. The quantitative estimate of drug-likeness (QED) is 0.786. The van der Waals surface area contributed by atoms with Crippen LogP contribution in [-0.4, -0.2) is 22.9 Å². The molecule has 0 spiro atoms. The third-order valence-electron chi connectivity index (χ3n) is 2.98. The molecular weight excluding hydrogens is 312 g/mol. The topological polar surface area (TPSA) is 106 Å². The third kappa shape index (κ3) is 5.74. The molecule has 21 heavy (non-hydrogen) atoms. The summed E-state index contributed by atoms with van der Waals surface area (Å²) < 4.78 is 49.5. The van der Waals surface area contributed by atoms with Crippen LogP contribution < -0.4 is 9.86 Å². The first-order valence-electron chi connectivity index (χ1n) is 6.67. The van der Waals surface area contributed by atoms with E-state index >= 15 is 0 Å². The van der Waals surface area contributed by atoms with E-state index in [-0.39, 0.29) is 15.8 Å². The Balaban J connectivity index is 2.93. The number of primary sulfonamides is 1. The Bertz CT molecular complexity index is 682. The van der Waals surface area contributed by atoms with Gasteiger partial charge in [0.2, 0.25) is 20.0 Å². The standard InChI is InChI=1S/C13H22N2O4S2/c1-10(2)7-8-11(3)15-21(18,19)13-6-4-5-12(9-13)20(14,16)17/h4-6,9-11,15H,7-8H2,1-3H3,(H2,14,16,17). The zero-order valence-electron chi connectivity index (χ0n) is 12.4. The van der Waals surface area contributed by atoms with Gasteiger partial charge in [-0.1, -0.05) is 19.9 Å². The first-order chi connectivity index (χ1) is 9.52. The summed E-state index contributed by atoms with van der Waals surface area (Å²) in [5.41, 5.74) is 0. The van der Waals surface area contributed by atoms with Crippen LogP contribution in [0.25, 0.3) is 0 Å². The highest BCUT2D eigenvalue weighted by Gasteiger charge is 2.19. The maximum absolute atomic E-state index is 12.2. The summed E-state index contributed by atoms with van der Waals surface area (Å²) in [7, 11) is -7.69. The van der Waals surface area contributed by atoms with Crippen molar-refractivity contribution in [2.45, 2.75) is 49.4 Å². The summed E-state index contributed by atoms with van der Waals surface area (Å²) in [5.74, 6) is 0.489. The van der Waals surface area contributed by atoms with E-state index in [1.807, 2.05) is 0 Å². The van der Waals surface area contributed by atoms with Gasteiger partial charge in [0.1, 0.15) is 0 Å². The SMILES string of the molecule is CC(C)CCC(C)NS(=O)(=O)c1cccc(S(N)(=O)=O)c1. The predicted octanol–water partition coefficient (Wildman–Crippen LogP) is 1.44. The van der Waals surface area contributed by atoms with Crippen molar-refractivity contribution in [3.8, 4) is 0 Å². The molecule has 0 saturated carbocycles. The lowest BCUT2D eigenvalue weighted by Gasteiger charge is -2.15. The normalized spacial score (nSPS) is 14.3. The highest BCUT2D eigenvalue weighted by atomic mass is 32.2. The van der Waals surface area contributed by atoms with Crippen molar-refractivity contribution in [3.05, 3.63) is 24.3 Å². The smallest absolute Gasteiger partial charge is 0.225 e. The van der Waals surface area contributed by atoms with E-state index in [2.05, 4.69) is 18.6 Å². The van der Waals surface area contributed by atoms with E-state index in [0.717, 1.165) is 12.5 Å². The number of nitrogens with two attached hydrogens (primary N) is 1. The van der Waals surface area contributed by atoms with Crippen LogP contribution in [-0.2, 0) is 20.0 Å². The number of hydrogen-bond donors (Lipinski definition) is 2. The van der Waals surface area contributed by atoms with Crippen molar-refractivity contribution in [1.29, 1.82) is 0 Å². The predicted molar refractivity (Wildman–Crippen MR) is 81.7 cm³/mol. The van der Waals surface area contributed by atoms with E-state index in [1.54, 1.807) is 6.92 Å². The molecule has 0 aromatic heterocycles. The largest absolute Gasteiger partial charge is 0.240 e. The minimum Gasteiger partial charge on any atom is -0.225 e. The van der Waals surface area contributed by atoms with Crippen LogP contribution in [0.1, 0.15) is 33.6 Å². The van der Waals surface area contributed by atoms with Crippen LogP contribution in [0.2, 0.25) is 0 Å². The molecule has 1 aromatic carbocycles. The van der Waals surface area contributed by atoms with E-state index < -0.39 is 20.0 Å². The molecule has 1 rings (SSSR count).